The molecule has 0 spiro atoms. The number of carbonyl (C=O) groups excluding carboxylic acids is 3. The molecule has 0 aliphatic heterocycles. The molecule has 3 N–H and O–H groups in total. The topological polar surface area (TPSA) is 162 Å². The number of ether oxygens (including phenoxy) is 2. The Kier molecular flexibility index (Phi) is 6.24. The number of hydrogen-bond acceptors (Lipinski definition) is 10. The quantitative estimate of drug-likeness (QED) is 0.352. The van der Waals surface area contributed by atoms with Crippen molar-refractivity contribution in [2.24, 2.45) is 5.92 Å². The first-order chi connectivity index (χ1) is 18.6. The predicted octanol–water partition coefficient (Wildman–Crippen LogP) is 1.76. The van der Waals surface area contributed by atoms with Crippen LogP contribution in [0.2, 0.25) is 0 Å². The summed E-state index contributed by atoms with van der Waals surface area (Å²) in [6.45, 7) is -1.00. The number of esters is 1. The average molecular weight is 498 g/mol. The fraction of sp³-hybridized carbons (Fsp3) is 0.348. The largest absolute Gasteiger partial charge is 0.494 e. The standard InChI is InChI=1S/C23H26N8O5/c1-4-36-19(32)12-31-25-11-17(30-31)14-6-5-7-15(21(14)35-3)26-16-10-18(27-22(33)13-8-9-13)28-29-20(16)23(34)24-2/h5-7,10-11,13H,4,8-9,12H2,1-3H3,(H,24,34)(H2,26,27,28,33)/i2D3. The SMILES string of the molecule is [2H]C([2H])([2H])NC(=O)c1nnc(NC(=O)C2CC2)cc1Nc1cccc(-c2cnn(CC(=O)OCC)n2)c1OC. The molecule has 2 heterocycles. The number of nitrogens with zero attached hydrogens (tertiary/aromatic N) is 5. The molecule has 0 bridgehead atoms. The van der Waals surface area contributed by atoms with Gasteiger partial charge in [-0.25, -0.2) is 4.79 Å². The molecule has 3 aromatic rings. The van der Waals surface area contributed by atoms with E-state index in [1.165, 1.54) is 24.2 Å². The molecular weight excluding hydrogens is 468 g/mol. The number of nitrogens with one attached hydrogen (secondary N) is 3. The number of carbonyl (C=O) groups is 3. The van der Waals surface area contributed by atoms with Gasteiger partial charge in [0.05, 0.1) is 31.3 Å². The lowest BCUT2D eigenvalue weighted by atomic mass is 10.1. The number of aromatic nitrogens is 5. The van der Waals surface area contributed by atoms with Crippen LogP contribution >= 0.6 is 0 Å². The summed E-state index contributed by atoms with van der Waals surface area (Å²) in [6.07, 6.45) is 3.01. The summed E-state index contributed by atoms with van der Waals surface area (Å²) in [4.78, 5) is 37.9. The number of amides is 2. The second kappa shape index (κ2) is 10.8. The summed E-state index contributed by atoms with van der Waals surface area (Å²) in [5, 5.41) is 23.7. The van der Waals surface area contributed by atoms with Crippen LogP contribution in [0.3, 0.4) is 0 Å². The Bertz CT molecular complexity index is 1390. The van der Waals surface area contributed by atoms with Gasteiger partial charge in [0.25, 0.3) is 5.91 Å². The summed E-state index contributed by atoms with van der Waals surface area (Å²) >= 11 is 0. The van der Waals surface area contributed by atoms with Gasteiger partial charge in [0.15, 0.2) is 23.8 Å². The molecule has 0 saturated heterocycles. The average Bonchev–Trinajstić information content (AvgIpc) is 3.62. The lowest BCUT2D eigenvalue weighted by Crippen LogP contribution is -2.22. The van der Waals surface area contributed by atoms with Crippen LogP contribution in [-0.2, 0) is 20.9 Å². The van der Waals surface area contributed by atoms with Crippen molar-refractivity contribution in [3.05, 3.63) is 36.2 Å². The van der Waals surface area contributed by atoms with Crippen molar-refractivity contribution in [1.29, 1.82) is 0 Å². The van der Waals surface area contributed by atoms with Gasteiger partial charge in [-0.2, -0.15) is 15.0 Å². The molecule has 1 aliphatic rings. The third kappa shape index (κ3) is 5.56. The number of para-hydroxylation sites is 1. The van der Waals surface area contributed by atoms with Gasteiger partial charge in [-0.3, -0.25) is 9.59 Å². The molecule has 0 unspecified atom stereocenters. The molecule has 1 aliphatic carbocycles. The molecule has 2 aromatic heterocycles. The first kappa shape index (κ1) is 20.8. The summed E-state index contributed by atoms with van der Waals surface area (Å²) < 4.78 is 32.6. The number of rotatable bonds is 10. The third-order valence-electron chi connectivity index (χ3n) is 5.20. The van der Waals surface area contributed by atoms with Crippen molar-refractivity contribution < 1.29 is 28.0 Å². The number of benzene rings is 1. The Balaban J connectivity index is 1.67. The van der Waals surface area contributed by atoms with Crippen molar-refractivity contribution in [3.63, 3.8) is 0 Å². The summed E-state index contributed by atoms with van der Waals surface area (Å²) in [5.41, 5.74) is 1.02. The Morgan fingerprint density at radius 3 is 2.78 bits per heavy atom. The normalized spacial score (nSPS) is 14.1. The van der Waals surface area contributed by atoms with Crippen LogP contribution in [0.1, 0.15) is 34.4 Å². The Morgan fingerprint density at radius 2 is 2.06 bits per heavy atom. The smallest absolute Gasteiger partial charge is 0.329 e. The Labute approximate surface area is 210 Å². The van der Waals surface area contributed by atoms with Crippen LogP contribution in [0.15, 0.2) is 30.5 Å². The van der Waals surface area contributed by atoms with Gasteiger partial charge in [0.2, 0.25) is 5.91 Å². The van der Waals surface area contributed by atoms with Gasteiger partial charge < -0.3 is 25.4 Å². The van der Waals surface area contributed by atoms with Crippen molar-refractivity contribution in [3.8, 4) is 17.0 Å². The molecule has 1 fully saturated rings. The van der Waals surface area contributed by atoms with Crippen LogP contribution in [0.5, 0.6) is 5.75 Å². The zero-order valence-electron chi connectivity index (χ0n) is 22.6. The minimum atomic E-state index is -2.76. The minimum absolute atomic E-state index is 0.0688. The van der Waals surface area contributed by atoms with E-state index in [-0.39, 0.29) is 42.2 Å². The highest BCUT2D eigenvalue weighted by atomic mass is 16.5. The molecule has 4 rings (SSSR count). The second-order valence-electron chi connectivity index (χ2n) is 7.79. The van der Waals surface area contributed by atoms with E-state index in [1.807, 2.05) is 5.32 Å². The van der Waals surface area contributed by atoms with Crippen LogP contribution in [0.4, 0.5) is 17.2 Å². The maximum atomic E-state index is 12.7. The third-order valence-corrected chi connectivity index (χ3v) is 5.20. The van der Waals surface area contributed by atoms with Crippen LogP contribution in [0.25, 0.3) is 11.3 Å². The zero-order valence-corrected chi connectivity index (χ0v) is 19.6. The molecule has 1 saturated carbocycles. The van der Waals surface area contributed by atoms with E-state index >= 15 is 0 Å². The number of hydrogen-bond donors (Lipinski definition) is 3. The van der Waals surface area contributed by atoms with Gasteiger partial charge >= 0.3 is 5.97 Å². The minimum Gasteiger partial charge on any atom is -0.494 e. The molecule has 0 radical (unpaired) electrons. The zero-order chi connectivity index (χ0) is 28.2. The maximum Gasteiger partial charge on any atom is 0.329 e. The molecule has 36 heavy (non-hydrogen) atoms. The van der Waals surface area contributed by atoms with E-state index in [9.17, 15) is 14.4 Å². The van der Waals surface area contributed by atoms with E-state index in [4.69, 9.17) is 13.6 Å². The fourth-order valence-electron chi connectivity index (χ4n) is 3.37. The van der Waals surface area contributed by atoms with E-state index < -0.39 is 18.9 Å². The van der Waals surface area contributed by atoms with Gasteiger partial charge in [0.1, 0.15) is 5.69 Å². The van der Waals surface area contributed by atoms with Crippen LogP contribution < -0.4 is 20.7 Å². The highest BCUT2D eigenvalue weighted by Gasteiger charge is 2.30. The maximum absolute atomic E-state index is 12.7. The number of methoxy groups -OCH3 is 1. The highest BCUT2D eigenvalue weighted by molar-refractivity contribution is 6.00. The lowest BCUT2D eigenvalue weighted by Gasteiger charge is -2.16. The van der Waals surface area contributed by atoms with Crippen molar-refractivity contribution in [1.82, 2.24) is 30.5 Å². The molecule has 2 amide bonds. The molecule has 0 atom stereocenters. The monoisotopic (exact) mass is 497 g/mol. The molecule has 1 aromatic carbocycles. The molecular formula is C23H26N8O5. The first-order valence-corrected chi connectivity index (χ1v) is 11.1. The predicted molar refractivity (Wildman–Crippen MR) is 129 cm³/mol. The Morgan fingerprint density at radius 1 is 1.22 bits per heavy atom. The molecule has 13 heteroatoms. The summed E-state index contributed by atoms with van der Waals surface area (Å²) in [5.74, 6) is -1.42. The van der Waals surface area contributed by atoms with Gasteiger partial charge in [-0.05, 0) is 31.9 Å². The van der Waals surface area contributed by atoms with Crippen LogP contribution in [-0.4, -0.2) is 63.7 Å². The second-order valence-corrected chi connectivity index (χ2v) is 7.79. The van der Waals surface area contributed by atoms with E-state index in [0.29, 0.717) is 22.7 Å². The van der Waals surface area contributed by atoms with Crippen molar-refractivity contribution in [2.45, 2.75) is 26.3 Å². The Hall–Kier alpha value is -4.55. The van der Waals surface area contributed by atoms with Crippen molar-refractivity contribution in [2.75, 3.05) is 31.3 Å². The van der Waals surface area contributed by atoms with E-state index in [2.05, 4.69) is 31.0 Å². The van der Waals surface area contributed by atoms with Crippen LogP contribution in [0, 0.1) is 5.92 Å². The van der Waals surface area contributed by atoms with Crippen molar-refractivity contribution >= 4 is 35.0 Å². The van der Waals surface area contributed by atoms with Gasteiger partial charge in [0, 0.05) is 28.6 Å². The summed E-state index contributed by atoms with van der Waals surface area (Å²) in [7, 11) is 1.43. The number of anilines is 3. The van der Waals surface area contributed by atoms with E-state index in [1.54, 1.807) is 25.1 Å². The van der Waals surface area contributed by atoms with E-state index in [0.717, 1.165) is 12.8 Å². The van der Waals surface area contributed by atoms with Gasteiger partial charge in [-0.15, -0.1) is 10.2 Å². The molecule has 188 valence electrons. The first-order valence-electron chi connectivity index (χ1n) is 12.6. The molecule has 13 nitrogen and oxygen atoms in total. The highest BCUT2D eigenvalue weighted by Crippen LogP contribution is 2.37. The summed E-state index contributed by atoms with van der Waals surface area (Å²) in [6, 6.07) is 6.44. The fourth-order valence-corrected chi connectivity index (χ4v) is 3.37. The van der Waals surface area contributed by atoms with Gasteiger partial charge in [-0.1, -0.05) is 6.07 Å². The lowest BCUT2D eigenvalue weighted by molar-refractivity contribution is -0.144.